The highest BCUT2D eigenvalue weighted by Gasteiger charge is 2.23. The van der Waals surface area contributed by atoms with E-state index in [1.54, 1.807) is 29.2 Å². The molecule has 2 heterocycles. The average Bonchev–Trinajstić information content (AvgIpc) is 2.85. The van der Waals surface area contributed by atoms with Gasteiger partial charge in [-0.1, -0.05) is 30.3 Å². The van der Waals surface area contributed by atoms with Crippen LogP contribution < -0.4 is 0 Å². The third-order valence-corrected chi connectivity index (χ3v) is 8.66. The minimum atomic E-state index is -0.480. The van der Waals surface area contributed by atoms with Crippen LogP contribution >= 0.6 is 23.5 Å². The molecule has 2 aromatic rings. The van der Waals surface area contributed by atoms with Crippen molar-refractivity contribution in [2.45, 2.75) is 17.5 Å². The van der Waals surface area contributed by atoms with Crippen molar-refractivity contribution in [3.63, 3.8) is 0 Å². The maximum absolute atomic E-state index is 13.8. The van der Waals surface area contributed by atoms with Crippen molar-refractivity contribution in [2.75, 3.05) is 44.3 Å². The van der Waals surface area contributed by atoms with Crippen LogP contribution in [0.25, 0.3) is 0 Å². The van der Waals surface area contributed by atoms with Gasteiger partial charge in [-0.25, -0.2) is 9.18 Å². The van der Waals surface area contributed by atoms with Crippen molar-refractivity contribution in [1.29, 1.82) is 0 Å². The van der Waals surface area contributed by atoms with E-state index in [9.17, 15) is 14.0 Å². The Hall–Kier alpha value is -2.03. The molecule has 0 aromatic heterocycles. The Labute approximate surface area is 196 Å². The summed E-state index contributed by atoms with van der Waals surface area (Å²) in [7, 11) is 0. The lowest BCUT2D eigenvalue weighted by Gasteiger charge is -2.34. The topological polar surface area (TPSA) is 49.9 Å². The van der Waals surface area contributed by atoms with Crippen LogP contribution in [0, 0.1) is 5.82 Å². The van der Waals surface area contributed by atoms with Crippen molar-refractivity contribution in [1.82, 2.24) is 9.80 Å². The molecule has 0 spiro atoms. The average molecular weight is 475 g/mol. The fourth-order valence-corrected chi connectivity index (χ4v) is 6.68. The Morgan fingerprint density at radius 2 is 1.66 bits per heavy atom. The number of carbonyl (C=O) groups excluding carboxylic acids is 2. The van der Waals surface area contributed by atoms with E-state index in [4.69, 9.17) is 4.74 Å². The Kier molecular flexibility index (Phi) is 8.10. The highest BCUT2D eigenvalue weighted by Crippen LogP contribution is 2.43. The quantitative estimate of drug-likeness (QED) is 0.585. The SMILES string of the molecule is O=C(OCC(=O)N1CCN(Cc2ccccc2F)CC1)c1ccc(C2SCCCS2)cc1. The van der Waals surface area contributed by atoms with Gasteiger partial charge in [-0.05, 0) is 41.7 Å². The van der Waals surface area contributed by atoms with Gasteiger partial charge in [0.05, 0.1) is 10.1 Å². The monoisotopic (exact) mass is 474 g/mol. The van der Waals surface area contributed by atoms with E-state index in [2.05, 4.69) is 4.90 Å². The molecular formula is C24H27FN2O3S2. The summed E-state index contributed by atoms with van der Waals surface area (Å²) in [5, 5.41) is 0. The molecule has 1 amide bonds. The fraction of sp³-hybridized carbons (Fsp3) is 0.417. The second kappa shape index (κ2) is 11.2. The van der Waals surface area contributed by atoms with E-state index in [-0.39, 0.29) is 18.3 Å². The summed E-state index contributed by atoms with van der Waals surface area (Å²) in [6.45, 7) is 2.66. The summed E-state index contributed by atoms with van der Waals surface area (Å²) in [5.74, 6) is 1.45. The molecule has 2 aliphatic heterocycles. The molecule has 4 rings (SSSR count). The van der Waals surface area contributed by atoms with Crippen LogP contribution in [0.1, 0.15) is 32.5 Å². The summed E-state index contributed by atoms with van der Waals surface area (Å²) < 4.78 is 19.5. The van der Waals surface area contributed by atoms with Crippen molar-refractivity contribution in [2.24, 2.45) is 0 Å². The summed E-state index contributed by atoms with van der Waals surface area (Å²) in [4.78, 5) is 28.7. The number of amides is 1. The fourth-order valence-electron chi connectivity index (χ4n) is 3.78. The zero-order valence-corrected chi connectivity index (χ0v) is 19.5. The van der Waals surface area contributed by atoms with Crippen LogP contribution in [-0.2, 0) is 16.1 Å². The lowest BCUT2D eigenvalue weighted by molar-refractivity contribution is -0.136. The van der Waals surface area contributed by atoms with Gasteiger partial charge in [0.2, 0.25) is 0 Å². The molecule has 0 radical (unpaired) electrons. The van der Waals surface area contributed by atoms with Crippen molar-refractivity contribution < 1.29 is 18.7 Å². The first-order valence-corrected chi connectivity index (χ1v) is 12.9. The van der Waals surface area contributed by atoms with E-state index in [1.165, 1.54) is 29.6 Å². The third-order valence-electron chi connectivity index (χ3n) is 5.65. The lowest BCUT2D eigenvalue weighted by Crippen LogP contribution is -2.49. The maximum atomic E-state index is 13.8. The van der Waals surface area contributed by atoms with Gasteiger partial charge < -0.3 is 9.64 Å². The van der Waals surface area contributed by atoms with E-state index in [0.29, 0.717) is 48.4 Å². The second-order valence-electron chi connectivity index (χ2n) is 7.87. The third kappa shape index (κ3) is 6.05. The smallest absolute Gasteiger partial charge is 0.338 e. The van der Waals surface area contributed by atoms with Gasteiger partial charge in [-0.3, -0.25) is 9.69 Å². The first kappa shape index (κ1) is 23.1. The number of rotatable bonds is 6. The van der Waals surface area contributed by atoms with Gasteiger partial charge in [-0.15, -0.1) is 23.5 Å². The number of nitrogens with zero attached hydrogens (tertiary/aromatic N) is 2. The molecule has 170 valence electrons. The Morgan fingerprint density at radius 3 is 2.34 bits per heavy atom. The predicted molar refractivity (Wildman–Crippen MR) is 127 cm³/mol. The minimum absolute atomic E-state index is 0.199. The van der Waals surface area contributed by atoms with Crippen LogP contribution in [0.15, 0.2) is 48.5 Å². The molecule has 2 aromatic carbocycles. The highest BCUT2D eigenvalue weighted by atomic mass is 32.2. The molecule has 0 atom stereocenters. The minimum Gasteiger partial charge on any atom is -0.452 e. The number of piperazine rings is 1. The number of carbonyl (C=O) groups is 2. The summed E-state index contributed by atoms with van der Waals surface area (Å²) in [6.07, 6.45) is 1.24. The Morgan fingerprint density at radius 1 is 0.969 bits per heavy atom. The zero-order chi connectivity index (χ0) is 22.3. The number of benzene rings is 2. The number of esters is 1. The standard InChI is InChI=1S/C24H27FN2O3S2/c25-21-5-2-1-4-20(21)16-26-10-12-27(13-11-26)22(28)17-30-23(29)18-6-8-19(9-7-18)24-31-14-3-15-32-24/h1-2,4-9,24H,3,10-17H2. The van der Waals surface area contributed by atoms with Gasteiger partial charge >= 0.3 is 5.97 Å². The molecule has 0 N–H and O–H groups in total. The Balaban J connectivity index is 1.21. The molecule has 0 unspecified atom stereocenters. The molecule has 0 bridgehead atoms. The van der Waals surface area contributed by atoms with Gasteiger partial charge in [-0.2, -0.15) is 0 Å². The number of halogens is 1. The van der Waals surface area contributed by atoms with Crippen molar-refractivity contribution >= 4 is 35.4 Å². The molecule has 2 saturated heterocycles. The summed E-state index contributed by atoms with van der Waals surface area (Å²) >= 11 is 3.87. The normalized spacial score (nSPS) is 17.8. The van der Waals surface area contributed by atoms with E-state index in [1.807, 2.05) is 41.7 Å². The Bertz CT molecular complexity index is 927. The maximum Gasteiger partial charge on any atom is 0.338 e. The van der Waals surface area contributed by atoms with Crippen molar-refractivity contribution in [3.05, 3.63) is 71.0 Å². The van der Waals surface area contributed by atoms with Crippen LogP contribution in [0.4, 0.5) is 4.39 Å². The molecule has 32 heavy (non-hydrogen) atoms. The van der Waals surface area contributed by atoms with E-state index < -0.39 is 5.97 Å². The molecule has 0 aliphatic carbocycles. The molecular weight excluding hydrogens is 447 g/mol. The van der Waals surface area contributed by atoms with Gasteiger partial charge in [0.25, 0.3) is 5.91 Å². The molecule has 8 heteroatoms. The first-order valence-electron chi connectivity index (χ1n) is 10.8. The van der Waals surface area contributed by atoms with Crippen LogP contribution in [0.2, 0.25) is 0 Å². The molecule has 0 saturated carbocycles. The summed E-state index contributed by atoms with van der Waals surface area (Å²) in [5.41, 5.74) is 2.33. The number of ether oxygens (including phenoxy) is 1. The van der Waals surface area contributed by atoms with Crippen LogP contribution in [0.5, 0.6) is 0 Å². The molecule has 5 nitrogen and oxygen atoms in total. The summed E-state index contributed by atoms with van der Waals surface area (Å²) in [6, 6.07) is 14.3. The predicted octanol–water partition coefficient (Wildman–Crippen LogP) is 4.20. The lowest BCUT2D eigenvalue weighted by atomic mass is 10.1. The highest BCUT2D eigenvalue weighted by molar-refractivity contribution is 8.16. The van der Waals surface area contributed by atoms with E-state index >= 15 is 0 Å². The molecule has 2 aliphatic rings. The number of hydrogen-bond acceptors (Lipinski definition) is 6. The van der Waals surface area contributed by atoms with Crippen LogP contribution in [0.3, 0.4) is 0 Å². The van der Waals surface area contributed by atoms with Gasteiger partial charge in [0.15, 0.2) is 6.61 Å². The van der Waals surface area contributed by atoms with Crippen LogP contribution in [-0.4, -0.2) is 66.0 Å². The number of hydrogen-bond donors (Lipinski definition) is 0. The number of thioether (sulfide) groups is 2. The largest absolute Gasteiger partial charge is 0.452 e. The van der Waals surface area contributed by atoms with Crippen molar-refractivity contribution in [3.8, 4) is 0 Å². The molecule has 2 fully saturated rings. The second-order valence-corrected chi connectivity index (χ2v) is 10.6. The van der Waals surface area contributed by atoms with Gasteiger partial charge in [0, 0.05) is 38.3 Å². The van der Waals surface area contributed by atoms with Gasteiger partial charge in [0.1, 0.15) is 5.82 Å². The zero-order valence-electron chi connectivity index (χ0n) is 17.9. The van der Waals surface area contributed by atoms with E-state index in [0.717, 1.165) is 0 Å². The first-order chi connectivity index (χ1) is 15.6.